The van der Waals surface area contributed by atoms with Gasteiger partial charge in [-0.15, -0.1) is 0 Å². The van der Waals surface area contributed by atoms with Crippen LogP contribution in [0.2, 0.25) is 0 Å². The molecular weight excluding hydrogens is 222 g/mol. The molecule has 94 valence electrons. The van der Waals surface area contributed by atoms with Gasteiger partial charge >= 0.3 is 0 Å². The zero-order chi connectivity index (χ0) is 12.4. The summed E-state index contributed by atoms with van der Waals surface area (Å²) in [5, 5.41) is 0. The van der Waals surface area contributed by atoms with E-state index in [0.29, 0.717) is 12.3 Å². The molecule has 1 aromatic rings. The van der Waals surface area contributed by atoms with Crippen LogP contribution in [0.25, 0.3) is 0 Å². The molecule has 2 nitrogen and oxygen atoms in total. The summed E-state index contributed by atoms with van der Waals surface area (Å²) in [5.74, 6) is 0.317. The fraction of sp³-hybridized carbons (Fsp3) is 0.438. The molecule has 0 unspecified atom stereocenters. The molecular formula is C16H19NO. The molecule has 2 aliphatic rings. The van der Waals surface area contributed by atoms with Crippen LogP contribution in [-0.2, 0) is 11.2 Å². The first-order valence-electron chi connectivity index (χ1n) is 6.90. The highest BCUT2D eigenvalue weighted by atomic mass is 16.2. The average Bonchev–Trinajstić information content (AvgIpc) is 2.73. The van der Waals surface area contributed by atoms with Crippen LogP contribution in [0.1, 0.15) is 37.7 Å². The van der Waals surface area contributed by atoms with E-state index in [0.717, 1.165) is 25.8 Å². The van der Waals surface area contributed by atoms with Gasteiger partial charge in [0.1, 0.15) is 0 Å². The van der Waals surface area contributed by atoms with E-state index in [2.05, 4.69) is 24.3 Å². The van der Waals surface area contributed by atoms with E-state index in [4.69, 9.17) is 0 Å². The molecule has 1 aliphatic carbocycles. The molecule has 0 aromatic heterocycles. The third-order valence-corrected chi connectivity index (χ3v) is 4.01. The van der Waals surface area contributed by atoms with E-state index in [-0.39, 0.29) is 0 Å². The molecule has 0 N–H and O–H groups in total. The van der Waals surface area contributed by atoms with Gasteiger partial charge < -0.3 is 4.90 Å². The Morgan fingerprint density at radius 3 is 2.67 bits per heavy atom. The fourth-order valence-electron chi connectivity index (χ4n) is 3.04. The second kappa shape index (κ2) is 4.97. The molecule has 1 aromatic carbocycles. The Kier molecular flexibility index (Phi) is 3.18. The number of benzene rings is 1. The predicted molar refractivity (Wildman–Crippen MR) is 72.0 cm³/mol. The third kappa shape index (κ3) is 2.20. The van der Waals surface area contributed by atoms with Gasteiger partial charge in [-0.3, -0.25) is 4.79 Å². The van der Waals surface area contributed by atoms with E-state index >= 15 is 0 Å². The van der Waals surface area contributed by atoms with Gasteiger partial charge in [0, 0.05) is 12.2 Å². The SMILES string of the molecule is O=C1CC2=C(CCCC2)N1CCc1ccccc1. The highest BCUT2D eigenvalue weighted by Gasteiger charge is 2.30. The van der Waals surface area contributed by atoms with Crippen LogP contribution in [0.4, 0.5) is 0 Å². The third-order valence-electron chi connectivity index (χ3n) is 4.01. The molecule has 3 rings (SSSR count). The van der Waals surface area contributed by atoms with Crippen molar-refractivity contribution in [3.63, 3.8) is 0 Å². The molecule has 0 atom stereocenters. The quantitative estimate of drug-likeness (QED) is 0.795. The minimum absolute atomic E-state index is 0.317. The summed E-state index contributed by atoms with van der Waals surface area (Å²) in [4.78, 5) is 14.1. The molecule has 1 heterocycles. The van der Waals surface area contributed by atoms with Crippen molar-refractivity contribution in [3.05, 3.63) is 47.2 Å². The van der Waals surface area contributed by atoms with Crippen molar-refractivity contribution < 1.29 is 4.79 Å². The Morgan fingerprint density at radius 2 is 1.83 bits per heavy atom. The Labute approximate surface area is 108 Å². The number of carbonyl (C=O) groups is 1. The number of hydrogen-bond donors (Lipinski definition) is 0. The van der Waals surface area contributed by atoms with Gasteiger partial charge in [0.25, 0.3) is 0 Å². The van der Waals surface area contributed by atoms with Crippen molar-refractivity contribution in [1.82, 2.24) is 4.90 Å². The topological polar surface area (TPSA) is 20.3 Å². The number of amides is 1. The van der Waals surface area contributed by atoms with Gasteiger partial charge in [-0.05, 0) is 43.2 Å². The summed E-state index contributed by atoms with van der Waals surface area (Å²) in [6, 6.07) is 10.4. The van der Waals surface area contributed by atoms with Crippen molar-refractivity contribution in [1.29, 1.82) is 0 Å². The second-order valence-electron chi connectivity index (χ2n) is 5.22. The Bertz CT molecular complexity index is 475. The largest absolute Gasteiger partial charge is 0.316 e. The second-order valence-corrected chi connectivity index (χ2v) is 5.22. The molecule has 0 fully saturated rings. The standard InChI is InChI=1S/C16H19NO/c18-16-12-14-8-4-5-9-15(14)17(16)11-10-13-6-2-1-3-7-13/h1-3,6-7H,4-5,8-12H2. The van der Waals surface area contributed by atoms with Crippen LogP contribution >= 0.6 is 0 Å². The van der Waals surface area contributed by atoms with Gasteiger partial charge in [-0.25, -0.2) is 0 Å². The first-order chi connectivity index (χ1) is 8.84. The number of rotatable bonds is 3. The van der Waals surface area contributed by atoms with Crippen molar-refractivity contribution in [2.75, 3.05) is 6.54 Å². The Hall–Kier alpha value is -1.57. The van der Waals surface area contributed by atoms with Crippen molar-refractivity contribution >= 4 is 5.91 Å². The molecule has 0 saturated carbocycles. The monoisotopic (exact) mass is 241 g/mol. The fourth-order valence-corrected chi connectivity index (χ4v) is 3.04. The van der Waals surface area contributed by atoms with Crippen LogP contribution in [-0.4, -0.2) is 17.4 Å². The van der Waals surface area contributed by atoms with Crippen LogP contribution in [0.15, 0.2) is 41.6 Å². The van der Waals surface area contributed by atoms with Crippen LogP contribution < -0.4 is 0 Å². The molecule has 0 spiro atoms. The Morgan fingerprint density at radius 1 is 1.06 bits per heavy atom. The molecule has 0 saturated heterocycles. The number of allylic oxidation sites excluding steroid dienone is 1. The minimum Gasteiger partial charge on any atom is -0.316 e. The molecule has 18 heavy (non-hydrogen) atoms. The van der Waals surface area contributed by atoms with Gasteiger partial charge in [-0.2, -0.15) is 0 Å². The highest BCUT2D eigenvalue weighted by Crippen LogP contribution is 2.35. The first kappa shape index (κ1) is 11.5. The molecule has 1 amide bonds. The van der Waals surface area contributed by atoms with Crippen molar-refractivity contribution in [2.24, 2.45) is 0 Å². The van der Waals surface area contributed by atoms with Crippen LogP contribution in [0.3, 0.4) is 0 Å². The van der Waals surface area contributed by atoms with E-state index in [1.54, 1.807) is 0 Å². The lowest BCUT2D eigenvalue weighted by atomic mass is 9.96. The lowest BCUT2D eigenvalue weighted by Gasteiger charge is -2.23. The lowest BCUT2D eigenvalue weighted by molar-refractivity contribution is -0.127. The summed E-state index contributed by atoms with van der Waals surface area (Å²) in [6.07, 6.45) is 6.40. The van der Waals surface area contributed by atoms with Crippen LogP contribution in [0, 0.1) is 0 Å². The number of hydrogen-bond acceptors (Lipinski definition) is 1. The van der Waals surface area contributed by atoms with Gasteiger partial charge in [0.2, 0.25) is 5.91 Å². The molecule has 0 radical (unpaired) electrons. The molecule has 1 aliphatic heterocycles. The van der Waals surface area contributed by atoms with E-state index in [1.165, 1.54) is 29.7 Å². The smallest absolute Gasteiger partial charge is 0.230 e. The summed E-state index contributed by atoms with van der Waals surface area (Å²) >= 11 is 0. The maximum atomic E-state index is 12.0. The van der Waals surface area contributed by atoms with Crippen molar-refractivity contribution in [2.45, 2.75) is 38.5 Å². The van der Waals surface area contributed by atoms with Gasteiger partial charge in [-0.1, -0.05) is 30.3 Å². The van der Waals surface area contributed by atoms with E-state index in [9.17, 15) is 4.79 Å². The summed E-state index contributed by atoms with van der Waals surface area (Å²) in [5.41, 5.74) is 4.08. The average molecular weight is 241 g/mol. The summed E-state index contributed by atoms with van der Waals surface area (Å²) in [6.45, 7) is 0.849. The maximum absolute atomic E-state index is 12.0. The first-order valence-corrected chi connectivity index (χ1v) is 6.90. The van der Waals surface area contributed by atoms with E-state index in [1.807, 2.05) is 11.0 Å². The van der Waals surface area contributed by atoms with Gasteiger partial charge in [0.05, 0.1) is 6.42 Å². The molecule has 2 heteroatoms. The Balaban J connectivity index is 1.69. The highest BCUT2D eigenvalue weighted by molar-refractivity contribution is 5.84. The normalized spacial score (nSPS) is 19.3. The molecule has 0 bridgehead atoms. The van der Waals surface area contributed by atoms with Gasteiger partial charge in [0.15, 0.2) is 0 Å². The maximum Gasteiger partial charge on any atom is 0.230 e. The minimum atomic E-state index is 0.317. The zero-order valence-electron chi connectivity index (χ0n) is 10.7. The predicted octanol–water partition coefficient (Wildman–Crippen LogP) is 3.29. The summed E-state index contributed by atoms with van der Waals surface area (Å²) < 4.78 is 0. The van der Waals surface area contributed by atoms with E-state index < -0.39 is 0 Å². The lowest BCUT2D eigenvalue weighted by Crippen LogP contribution is -2.27. The zero-order valence-corrected chi connectivity index (χ0v) is 10.7. The van der Waals surface area contributed by atoms with Crippen molar-refractivity contribution in [3.8, 4) is 0 Å². The summed E-state index contributed by atoms with van der Waals surface area (Å²) in [7, 11) is 0. The van der Waals surface area contributed by atoms with Crippen LogP contribution in [0.5, 0.6) is 0 Å². The number of carbonyl (C=O) groups excluding carboxylic acids is 1. The number of nitrogens with zero attached hydrogens (tertiary/aromatic N) is 1.